The first-order valence-electron chi connectivity index (χ1n) is 6.32. The van der Waals surface area contributed by atoms with Crippen molar-refractivity contribution >= 4 is 17.7 Å². The van der Waals surface area contributed by atoms with Gasteiger partial charge < -0.3 is 4.74 Å². The standard InChI is InChI=1S/C13H21ClN2O2/c1-12(2,3)18-11(17)16-9-5-4-6-13(16,10-15)7-8-14/h4-9H2,1-3H3/t13-/m1/s1. The molecule has 0 bridgehead atoms. The van der Waals surface area contributed by atoms with Gasteiger partial charge in [0.2, 0.25) is 0 Å². The number of nitriles is 1. The molecular formula is C13H21ClN2O2. The Morgan fingerprint density at radius 2 is 2.17 bits per heavy atom. The van der Waals surface area contributed by atoms with E-state index in [1.807, 2.05) is 20.8 Å². The Kier molecular flexibility index (Phi) is 4.86. The summed E-state index contributed by atoms with van der Waals surface area (Å²) < 4.78 is 5.37. The van der Waals surface area contributed by atoms with Gasteiger partial charge in [0.15, 0.2) is 0 Å². The van der Waals surface area contributed by atoms with Crippen LogP contribution in [-0.2, 0) is 4.74 Å². The molecule has 4 nitrogen and oxygen atoms in total. The second-order valence-electron chi connectivity index (χ2n) is 5.67. The molecule has 0 unspecified atom stereocenters. The highest BCUT2D eigenvalue weighted by molar-refractivity contribution is 6.17. The summed E-state index contributed by atoms with van der Waals surface area (Å²) in [5, 5.41) is 9.43. The predicted octanol–water partition coefficient (Wildman–Crippen LogP) is 3.30. The van der Waals surface area contributed by atoms with Crippen LogP contribution in [0.2, 0.25) is 0 Å². The van der Waals surface area contributed by atoms with Crippen molar-refractivity contribution in [3.63, 3.8) is 0 Å². The number of alkyl halides is 1. The van der Waals surface area contributed by atoms with Gasteiger partial charge in [0.25, 0.3) is 0 Å². The van der Waals surface area contributed by atoms with Gasteiger partial charge in [-0.25, -0.2) is 4.79 Å². The lowest BCUT2D eigenvalue weighted by molar-refractivity contribution is -0.00298. The second-order valence-corrected chi connectivity index (χ2v) is 6.05. The Morgan fingerprint density at radius 1 is 1.50 bits per heavy atom. The largest absolute Gasteiger partial charge is 0.444 e. The number of amides is 1. The van der Waals surface area contributed by atoms with Gasteiger partial charge in [-0.1, -0.05) is 0 Å². The lowest BCUT2D eigenvalue weighted by atomic mass is 9.86. The highest BCUT2D eigenvalue weighted by atomic mass is 35.5. The van der Waals surface area contributed by atoms with E-state index in [1.165, 1.54) is 0 Å². The third kappa shape index (κ3) is 3.52. The Labute approximate surface area is 114 Å². The van der Waals surface area contributed by atoms with Crippen LogP contribution >= 0.6 is 11.6 Å². The molecule has 102 valence electrons. The maximum atomic E-state index is 12.2. The molecule has 0 aromatic rings. The Morgan fingerprint density at radius 3 is 2.67 bits per heavy atom. The predicted molar refractivity (Wildman–Crippen MR) is 70.5 cm³/mol. The maximum Gasteiger partial charge on any atom is 0.411 e. The minimum absolute atomic E-state index is 0.368. The molecule has 1 aliphatic heterocycles. The number of piperidine rings is 1. The molecule has 0 aromatic carbocycles. The van der Waals surface area contributed by atoms with Gasteiger partial charge in [0.05, 0.1) is 6.07 Å². The van der Waals surface area contributed by atoms with Crippen molar-refractivity contribution < 1.29 is 9.53 Å². The normalized spacial score (nSPS) is 24.5. The van der Waals surface area contributed by atoms with E-state index in [1.54, 1.807) is 4.90 Å². The molecule has 1 atom stereocenters. The van der Waals surface area contributed by atoms with Gasteiger partial charge in [0.1, 0.15) is 11.1 Å². The summed E-state index contributed by atoms with van der Waals surface area (Å²) in [6.45, 7) is 6.04. The topological polar surface area (TPSA) is 53.3 Å². The lowest BCUT2D eigenvalue weighted by Gasteiger charge is -2.42. The summed E-state index contributed by atoms with van der Waals surface area (Å²) in [5.74, 6) is 0.368. The number of rotatable bonds is 2. The average molecular weight is 273 g/mol. The van der Waals surface area contributed by atoms with E-state index >= 15 is 0 Å². The molecule has 18 heavy (non-hydrogen) atoms. The van der Waals surface area contributed by atoms with Gasteiger partial charge in [-0.2, -0.15) is 5.26 Å². The zero-order valence-electron chi connectivity index (χ0n) is 11.3. The Bertz CT molecular complexity index is 342. The van der Waals surface area contributed by atoms with Gasteiger partial charge in [0, 0.05) is 12.4 Å². The Balaban J connectivity index is 2.88. The summed E-state index contributed by atoms with van der Waals surface area (Å²) >= 11 is 5.78. The number of nitrogens with zero attached hydrogens (tertiary/aromatic N) is 2. The second kappa shape index (κ2) is 5.79. The minimum Gasteiger partial charge on any atom is -0.444 e. The van der Waals surface area contributed by atoms with Crippen molar-refractivity contribution in [1.82, 2.24) is 4.90 Å². The summed E-state index contributed by atoms with van der Waals surface area (Å²) in [5.41, 5.74) is -1.33. The molecule has 0 aromatic heterocycles. The van der Waals surface area contributed by atoms with Crippen LogP contribution in [0.3, 0.4) is 0 Å². The fraction of sp³-hybridized carbons (Fsp3) is 0.846. The Hall–Kier alpha value is -0.950. The molecule has 0 N–H and O–H groups in total. The van der Waals surface area contributed by atoms with Gasteiger partial charge in [-0.15, -0.1) is 11.6 Å². The van der Waals surface area contributed by atoms with E-state index in [0.717, 1.165) is 12.8 Å². The third-order valence-corrected chi connectivity index (χ3v) is 3.26. The maximum absolute atomic E-state index is 12.2. The van der Waals surface area contributed by atoms with E-state index in [-0.39, 0.29) is 0 Å². The van der Waals surface area contributed by atoms with Crippen LogP contribution in [0.4, 0.5) is 4.79 Å². The fourth-order valence-electron chi connectivity index (χ4n) is 2.21. The number of carbonyl (C=O) groups is 1. The first-order chi connectivity index (χ1) is 8.34. The number of carbonyl (C=O) groups excluding carboxylic acids is 1. The molecule has 1 heterocycles. The van der Waals surface area contributed by atoms with E-state index in [4.69, 9.17) is 16.3 Å². The van der Waals surface area contributed by atoms with Crippen LogP contribution < -0.4 is 0 Å². The fourth-order valence-corrected chi connectivity index (χ4v) is 2.52. The van der Waals surface area contributed by atoms with Crippen LogP contribution in [0.25, 0.3) is 0 Å². The van der Waals surface area contributed by atoms with Gasteiger partial charge in [-0.05, 0) is 46.5 Å². The van der Waals surface area contributed by atoms with Crippen LogP contribution in [0, 0.1) is 11.3 Å². The molecule has 0 spiro atoms. The zero-order valence-corrected chi connectivity index (χ0v) is 12.1. The van der Waals surface area contributed by atoms with Crippen LogP contribution in [-0.4, -0.2) is 34.6 Å². The molecule has 0 saturated carbocycles. The highest BCUT2D eigenvalue weighted by Crippen LogP contribution is 2.32. The van der Waals surface area contributed by atoms with Crippen LogP contribution in [0.1, 0.15) is 46.5 Å². The van der Waals surface area contributed by atoms with Gasteiger partial charge >= 0.3 is 6.09 Å². The van der Waals surface area contributed by atoms with Crippen molar-refractivity contribution in [2.45, 2.75) is 57.6 Å². The monoisotopic (exact) mass is 272 g/mol. The number of hydrogen-bond acceptors (Lipinski definition) is 3. The molecule has 1 saturated heterocycles. The first-order valence-corrected chi connectivity index (χ1v) is 6.86. The third-order valence-electron chi connectivity index (χ3n) is 3.07. The van der Waals surface area contributed by atoms with E-state index in [0.29, 0.717) is 25.3 Å². The van der Waals surface area contributed by atoms with E-state index in [9.17, 15) is 10.1 Å². The summed E-state index contributed by atoms with van der Waals surface area (Å²) in [6, 6.07) is 2.28. The van der Waals surface area contributed by atoms with Crippen molar-refractivity contribution in [3.05, 3.63) is 0 Å². The first kappa shape index (κ1) is 15.1. The summed E-state index contributed by atoms with van der Waals surface area (Å²) in [6.07, 6.45) is 2.61. The lowest BCUT2D eigenvalue weighted by Crippen LogP contribution is -2.55. The number of hydrogen-bond donors (Lipinski definition) is 0. The van der Waals surface area contributed by atoms with Crippen molar-refractivity contribution in [2.75, 3.05) is 12.4 Å². The molecule has 0 aliphatic carbocycles. The van der Waals surface area contributed by atoms with Crippen molar-refractivity contribution in [2.24, 2.45) is 0 Å². The minimum atomic E-state index is -0.789. The SMILES string of the molecule is CC(C)(C)OC(=O)N1CCCC[C@]1(C#N)CCCl. The molecular weight excluding hydrogens is 252 g/mol. The number of ether oxygens (including phenoxy) is 1. The summed E-state index contributed by atoms with van der Waals surface area (Å²) in [7, 11) is 0. The number of halogens is 1. The van der Waals surface area contributed by atoms with E-state index < -0.39 is 17.2 Å². The zero-order chi connectivity index (χ0) is 13.8. The van der Waals surface area contributed by atoms with Crippen LogP contribution in [0.5, 0.6) is 0 Å². The molecule has 1 fully saturated rings. The van der Waals surface area contributed by atoms with E-state index in [2.05, 4.69) is 6.07 Å². The molecule has 0 radical (unpaired) electrons. The average Bonchev–Trinajstić information content (AvgIpc) is 2.27. The number of likely N-dealkylation sites (tertiary alicyclic amines) is 1. The highest BCUT2D eigenvalue weighted by Gasteiger charge is 2.43. The smallest absolute Gasteiger partial charge is 0.411 e. The molecule has 1 amide bonds. The molecule has 1 rings (SSSR count). The van der Waals surface area contributed by atoms with Crippen molar-refractivity contribution in [1.29, 1.82) is 5.26 Å². The van der Waals surface area contributed by atoms with Gasteiger partial charge in [-0.3, -0.25) is 4.90 Å². The molecule has 1 aliphatic rings. The van der Waals surface area contributed by atoms with Crippen LogP contribution in [0.15, 0.2) is 0 Å². The quantitative estimate of drug-likeness (QED) is 0.725. The van der Waals surface area contributed by atoms with Crippen molar-refractivity contribution in [3.8, 4) is 6.07 Å². The summed E-state index contributed by atoms with van der Waals surface area (Å²) in [4.78, 5) is 13.7. The molecule has 5 heteroatoms.